The summed E-state index contributed by atoms with van der Waals surface area (Å²) in [5, 5.41) is 12.4. The van der Waals surface area contributed by atoms with E-state index < -0.39 is 17.7 Å². The molecule has 1 aromatic carbocycles. The molecule has 19 heavy (non-hydrogen) atoms. The molecule has 0 bridgehead atoms. The molecule has 1 fully saturated rings. The maximum atomic E-state index is 14.0. The molecule has 1 saturated heterocycles. The second-order valence-electron chi connectivity index (χ2n) is 4.60. The van der Waals surface area contributed by atoms with Crippen molar-refractivity contribution in [1.29, 1.82) is 0 Å². The normalized spacial score (nSPS) is 18.5. The molecule has 1 heterocycles. The molecular weight excluding hydrogens is 318 g/mol. The van der Waals surface area contributed by atoms with Gasteiger partial charge in [-0.25, -0.2) is 8.78 Å². The van der Waals surface area contributed by atoms with Crippen molar-refractivity contribution < 1.29 is 13.9 Å². The van der Waals surface area contributed by atoms with E-state index >= 15 is 0 Å². The smallest absolute Gasteiger partial charge is 0.132 e. The Balaban J connectivity index is 2.32. The zero-order valence-corrected chi connectivity index (χ0v) is 12.1. The van der Waals surface area contributed by atoms with E-state index in [0.717, 1.165) is 26.2 Å². The number of piperazine rings is 1. The SMILES string of the molecule is OCC[C@@H](c1c(F)cc(Br)cc1F)N1CCNCC1. The molecule has 0 radical (unpaired) electrons. The first-order chi connectivity index (χ1) is 9.13. The summed E-state index contributed by atoms with van der Waals surface area (Å²) in [7, 11) is 0. The van der Waals surface area contributed by atoms with Crippen LogP contribution in [0.4, 0.5) is 8.78 Å². The zero-order valence-electron chi connectivity index (χ0n) is 10.5. The van der Waals surface area contributed by atoms with Crippen molar-refractivity contribution in [2.75, 3.05) is 32.8 Å². The lowest BCUT2D eigenvalue weighted by atomic mass is 10.00. The first-order valence-electron chi connectivity index (χ1n) is 6.33. The Bertz CT molecular complexity index is 416. The monoisotopic (exact) mass is 334 g/mol. The van der Waals surface area contributed by atoms with Crippen LogP contribution in [0.3, 0.4) is 0 Å². The van der Waals surface area contributed by atoms with Gasteiger partial charge in [0.1, 0.15) is 11.6 Å². The largest absolute Gasteiger partial charge is 0.396 e. The summed E-state index contributed by atoms with van der Waals surface area (Å²) in [5.41, 5.74) is 0.0548. The standard InChI is InChI=1S/C13H17BrF2N2O/c14-9-7-10(15)13(11(16)8-9)12(1-6-19)18-4-2-17-3-5-18/h7-8,12,17,19H,1-6H2/t12-/m0/s1. The first-order valence-corrected chi connectivity index (χ1v) is 7.13. The molecule has 1 atom stereocenters. The molecule has 3 nitrogen and oxygen atoms in total. The van der Waals surface area contributed by atoms with Crippen LogP contribution < -0.4 is 5.32 Å². The Labute approximate surface area is 119 Å². The first kappa shape index (κ1) is 14.8. The molecule has 1 aromatic rings. The molecular formula is C13H17BrF2N2O. The number of nitrogens with one attached hydrogen (secondary N) is 1. The van der Waals surface area contributed by atoms with Gasteiger partial charge in [0.05, 0.1) is 0 Å². The van der Waals surface area contributed by atoms with Crippen LogP contribution in [0.25, 0.3) is 0 Å². The van der Waals surface area contributed by atoms with Gasteiger partial charge in [0.25, 0.3) is 0 Å². The predicted octanol–water partition coefficient (Wildman–Crippen LogP) is 2.06. The van der Waals surface area contributed by atoms with Gasteiger partial charge in [-0.05, 0) is 18.6 Å². The van der Waals surface area contributed by atoms with Gasteiger partial charge in [-0.15, -0.1) is 0 Å². The van der Waals surface area contributed by atoms with Crippen LogP contribution in [0.1, 0.15) is 18.0 Å². The molecule has 0 amide bonds. The van der Waals surface area contributed by atoms with E-state index in [1.54, 1.807) is 0 Å². The van der Waals surface area contributed by atoms with E-state index in [9.17, 15) is 8.78 Å². The molecule has 2 N–H and O–H groups in total. The fraction of sp³-hybridized carbons (Fsp3) is 0.538. The number of rotatable bonds is 4. The van der Waals surface area contributed by atoms with Crippen molar-refractivity contribution in [1.82, 2.24) is 10.2 Å². The second kappa shape index (κ2) is 6.74. The van der Waals surface area contributed by atoms with Crippen LogP contribution in [0.5, 0.6) is 0 Å². The highest BCUT2D eigenvalue weighted by atomic mass is 79.9. The Morgan fingerprint density at radius 3 is 2.37 bits per heavy atom. The van der Waals surface area contributed by atoms with Gasteiger partial charge in [0.15, 0.2) is 0 Å². The minimum Gasteiger partial charge on any atom is -0.396 e. The number of hydrogen-bond donors (Lipinski definition) is 2. The molecule has 0 aliphatic carbocycles. The average Bonchev–Trinajstić information content (AvgIpc) is 2.37. The maximum absolute atomic E-state index is 14.0. The van der Waals surface area contributed by atoms with Gasteiger partial charge in [0.2, 0.25) is 0 Å². The van der Waals surface area contributed by atoms with Crippen molar-refractivity contribution in [3.8, 4) is 0 Å². The van der Waals surface area contributed by atoms with Crippen LogP contribution in [-0.4, -0.2) is 42.8 Å². The van der Waals surface area contributed by atoms with Crippen molar-refractivity contribution in [2.24, 2.45) is 0 Å². The van der Waals surface area contributed by atoms with Gasteiger partial charge < -0.3 is 10.4 Å². The number of halogens is 3. The summed E-state index contributed by atoms with van der Waals surface area (Å²) in [6, 6.07) is 2.12. The summed E-state index contributed by atoms with van der Waals surface area (Å²) in [4.78, 5) is 2.02. The highest BCUT2D eigenvalue weighted by molar-refractivity contribution is 9.10. The van der Waals surface area contributed by atoms with Gasteiger partial charge >= 0.3 is 0 Å². The minimum absolute atomic E-state index is 0.0548. The quantitative estimate of drug-likeness (QED) is 0.884. The summed E-state index contributed by atoms with van der Waals surface area (Å²) >= 11 is 3.08. The lowest BCUT2D eigenvalue weighted by molar-refractivity contribution is 0.135. The average molecular weight is 335 g/mol. The summed E-state index contributed by atoms with van der Waals surface area (Å²) in [5.74, 6) is -1.13. The lowest BCUT2D eigenvalue weighted by Crippen LogP contribution is -2.45. The Hall–Kier alpha value is -0.560. The van der Waals surface area contributed by atoms with E-state index in [-0.39, 0.29) is 12.2 Å². The van der Waals surface area contributed by atoms with Crippen molar-refractivity contribution >= 4 is 15.9 Å². The van der Waals surface area contributed by atoms with Crippen LogP contribution >= 0.6 is 15.9 Å². The van der Waals surface area contributed by atoms with E-state index in [4.69, 9.17) is 5.11 Å². The van der Waals surface area contributed by atoms with Crippen LogP contribution in [0, 0.1) is 11.6 Å². The molecule has 0 aromatic heterocycles. The summed E-state index contributed by atoms with van der Waals surface area (Å²) in [6.07, 6.45) is 0.329. The summed E-state index contributed by atoms with van der Waals surface area (Å²) in [6.45, 7) is 2.94. The number of nitrogens with zero attached hydrogens (tertiary/aromatic N) is 1. The van der Waals surface area contributed by atoms with Crippen molar-refractivity contribution in [2.45, 2.75) is 12.5 Å². The minimum atomic E-state index is -0.566. The molecule has 1 aliphatic heterocycles. The van der Waals surface area contributed by atoms with Crippen molar-refractivity contribution in [3.05, 3.63) is 33.8 Å². The highest BCUT2D eigenvalue weighted by Crippen LogP contribution is 2.31. The fourth-order valence-corrected chi connectivity index (χ4v) is 2.90. The van der Waals surface area contributed by atoms with E-state index in [1.165, 1.54) is 12.1 Å². The lowest BCUT2D eigenvalue weighted by Gasteiger charge is -2.35. The maximum Gasteiger partial charge on any atom is 0.132 e. The number of hydrogen-bond acceptors (Lipinski definition) is 3. The number of aliphatic hydroxyl groups excluding tert-OH is 1. The van der Waals surface area contributed by atoms with Gasteiger partial charge in [0, 0.05) is 48.9 Å². The number of benzene rings is 1. The van der Waals surface area contributed by atoms with Crippen molar-refractivity contribution in [3.63, 3.8) is 0 Å². The van der Waals surface area contributed by atoms with Crippen LogP contribution in [0.2, 0.25) is 0 Å². The topological polar surface area (TPSA) is 35.5 Å². The highest BCUT2D eigenvalue weighted by Gasteiger charge is 2.27. The Morgan fingerprint density at radius 2 is 1.84 bits per heavy atom. The van der Waals surface area contributed by atoms with Gasteiger partial charge in [-0.3, -0.25) is 4.90 Å². The Morgan fingerprint density at radius 1 is 1.26 bits per heavy atom. The second-order valence-corrected chi connectivity index (χ2v) is 5.51. The van der Waals surface area contributed by atoms with E-state index in [1.807, 2.05) is 4.90 Å². The third-order valence-electron chi connectivity index (χ3n) is 3.37. The van der Waals surface area contributed by atoms with E-state index in [0.29, 0.717) is 10.9 Å². The van der Waals surface area contributed by atoms with Gasteiger partial charge in [-0.2, -0.15) is 0 Å². The molecule has 106 valence electrons. The third kappa shape index (κ3) is 3.51. The third-order valence-corrected chi connectivity index (χ3v) is 3.83. The molecule has 0 unspecified atom stereocenters. The van der Waals surface area contributed by atoms with Crippen LogP contribution in [-0.2, 0) is 0 Å². The summed E-state index contributed by atoms with van der Waals surface area (Å²) < 4.78 is 28.5. The van der Waals surface area contributed by atoms with E-state index in [2.05, 4.69) is 21.2 Å². The number of aliphatic hydroxyl groups is 1. The van der Waals surface area contributed by atoms with Crippen LogP contribution in [0.15, 0.2) is 16.6 Å². The fourth-order valence-electron chi connectivity index (χ4n) is 2.50. The predicted molar refractivity (Wildman–Crippen MR) is 72.9 cm³/mol. The Kier molecular flexibility index (Phi) is 5.27. The molecule has 6 heteroatoms. The van der Waals surface area contributed by atoms with Gasteiger partial charge in [-0.1, -0.05) is 15.9 Å². The molecule has 0 spiro atoms. The zero-order chi connectivity index (χ0) is 13.8. The molecule has 2 rings (SSSR count). The molecule has 1 aliphatic rings. The molecule has 0 saturated carbocycles.